The zero-order valence-corrected chi connectivity index (χ0v) is 28.5. The van der Waals surface area contributed by atoms with E-state index in [2.05, 4.69) is 53.0 Å². The van der Waals surface area contributed by atoms with Crippen LogP contribution in [0.3, 0.4) is 0 Å². The summed E-state index contributed by atoms with van der Waals surface area (Å²) in [5.41, 5.74) is 5.47. The van der Waals surface area contributed by atoms with E-state index in [9.17, 15) is 14.7 Å². The highest BCUT2D eigenvalue weighted by Crippen LogP contribution is 2.35. The molecule has 2 atom stereocenters. The van der Waals surface area contributed by atoms with E-state index in [1.807, 2.05) is 31.2 Å². The van der Waals surface area contributed by atoms with E-state index in [-0.39, 0.29) is 12.2 Å². The van der Waals surface area contributed by atoms with Crippen molar-refractivity contribution < 1.29 is 33.6 Å². The number of urea groups is 1. The van der Waals surface area contributed by atoms with Gasteiger partial charge in [-0.15, -0.1) is 0 Å². The average Bonchev–Trinajstić information content (AvgIpc) is 3.00. The van der Waals surface area contributed by atoms with Gasteiger partial charge >= 0.3 is 12.0 Å². The first-order valence-corrected chi connectivity index (χ1v) is 15.6. The first kappa shape index (κ1) is 34.1. The molecule has 4 N–H and O–H groups in total. The van der Waals surface area contributed by atoms with Crippen LogP contribution < -0.4 is 30.3 Å². The molecule has 4 rings (SSSR count). The van der Waals surface area contributed by atoms with E-state index in [0.29, 0.717) is 52.3 Å². The fourth-order valence-corrected chi connectivity index (χ4v) is 5.88. The van der Waals surface area contributed by atoms with Crippen LogP contribution in [0, 0.1) is 0 Å². The Balaban J connectivity index is 1.42. The third-order valence-electron chi connectivity index (χ3n) is 6.43. The van der Waals surface area contributed by atoms with E-state index in [1.54, 1.807) is 37.3 Å². The minimum Gasteiger partial charge on any atom is -0.490 e. The molecule has 0 bridgehead atoms. The van der Waals surface area contributed by atoms with Gasteiger partial charge in [0.25, 0.3) is 0 Å². The number of hydrogen-bond acceptors (Lipinski definition) is 9. The molecule has 2 amide bonds. The van der Waals surface area contributed by atoms with Crippen molar-refractivity contribution in [2.24, 2.45) is 5.10 Å². The molecule has 0 fully saturated rings. The Morgan fingerprint density at radius 2 is 1.87 bits per heavy atom. The number of esters is 1. The van der Waals surface area contributed by atoms with E-state index in [1.165, 1.54) is 13.3 Å². The first-order valence-electron chi connectivity index (χ1n) is 13.7. The van der Waals surface area contributed by atoms with Crippen LogP contribution in [0.1, 0.15) is 36.6 Å². The first-order chi connectivity index (χ1) is 21.6. The second-order valence-corrected chi connectivity index (χ2v) is 11.8. The smallest absolute Gasteiger partial charge is 0.337 e. The van der Waals surface area contributed by atoms with Gasteiger partial charge in [0, 0.05) is 20.8 Å². The molecule has 45 heavy (non-hydrogen) atoms. The fraction of sp³-hybridized carbons (Fsp3) is 0.258. The van der Waals surface area contributed by atoms with Crippen molar-refractivity contribution in [3.63, 3.8) is 0 Å². The highest BCUT2D eigenvalue weighted by molar-refractivity contribution is 9.11. The van der Waals surface area contributed by atoms with Crippen LogP contribution in [0.2, 0.25) is 5.02 Å². The maximum absolute atomic E-state index is 12.5. The third-order valence-corrected chi connectivity index (χ3v) is 7.73. The van der Waals surface area contributed by atoms with Gasteiger partial charge in [0.2, 0.25) is 0 Å². The van der Waals surface area contributed by atoms with Gasteiger partial charge in [-0.1, -0.05) is 45.7 Å². The molecule has 238 valence electrons. The number of nitrogens with one attached hydrogen (secondary N) is 3. The SMILES string of the molecule is CCOc1cc([C@H]2NC(=O)NC(C)=C2C(=O)OC)ccc1OC[C@H](O)N/N=C/c1cc(Br)cc(Br)c1OCc1ccc(Cl)cc1. The van der Waals surface area contributed by atoms with Crippen molar-refractivity contribution in [3.8, 4) is 17.2 Å². The molecule has 11 nitrogen and oxygen atoms in total. The Hall–Kier alpha value is -3.78. The molecule has 0 aromatic heterocycles. The largest absolute Gasteiger partial charge is 0.490 e. The second kappa shape index (κ2) is 16.0. The predicted octanol–water partition coefficient (Wildman–Crippen LogP) is 5.96. The highest BCUT2D eigenvalue weighted by atomic mass is 79.9. The number of ether oxygens (including phenoxy) is 4. The molecular formula is C31H31Br2ClN4O7. The fourth-order valence-electron chi connectivity index (χ4n) is 4.38. The molecular weight excluding hydrogens is 736 g/mol. The summed E-state index contributed by atoms with van der Waals surface area (Å²) in [6.45, 7) is 3.90. The minimum absolute atomic E-state index is 0.171. The minimum atomic E-state index is -1.18. The van der Waals surface area contributed by atoms with Crippen molar-refractivity contribution in [1.82, 2.24) is 16.1 Å². The summed E-state index contributed by atoms with van der Waals surface area (Å²) >= 11 is 13.0. The van der Waals surface area contributed by atoms with Crippen LogP contribution in [-0.2, 0) is 16.1 Å². The van der Waals surface area contributed by atoms with Crippen LogP contribution in [0.25, 0.3) is 0 Å². The molecule has 0 unspecified atom stereocenters. The summed E-state index contributed by atoms with van der Waals surface area (Å²) < 4.78 is 24.1. The van der Waals surface area contributed by atoms with Gasteiger partial charge in [0.05, 0.1) is 36.0 Å². The number of rotatable bonds is 13. The molecule has 1 aliphatic heterocycles. The number of aliphatic hydroxyl groups excluding tert-OH is 1. The zero-order valence-electron chi connectivity index (χ0n) is 24.5. The van der Waals surface area contributed by atoms with Crippen LogP contribution in [-0.4, -0.2) is 49.9 Å². The molecule has 0 saturated heterocycles. The maximum atomic E-state index is 12.5. The Kier molecular flexibility index (Phi) is 12.1. The standard InChI is InChI=1S/C31H31Br2ClN4O7/c1-4-43-25-12-19(28-27(30(40)42-3)17(2)36-31(41)37-28)7-10-24(25)44-16-26(39)38-35-14-20-11-21(32)13-23(33)29(20)45-15-18-5-8-22(34)9-6-18/h5-14,26,28,38-39H,4,15-16H2,1-3H3,(H2,36,37,41)/b35-14+/t26-,28+/m0/s1. The lowest BCUT2D eigenvalue weighted by Gasteiger charge is -2.28. The number of benzene rings is 3. The van der Waals surface area contributed by atoms with Crippen molar-refractivity contribution in [2.75, 3.05) is 20.3 Å². The number of allylic oxidation sites excluding steroid dienone is 1. The summed E-state index contributed by atoms with van der Waals surface area (Å²) in [6.07, 6.45) is 0.350. The normalized spacial score (nSPS) is 15.3. The molecule has 0 aliphatic carbocycles. The molecule has 0 spiro atoms. The molecule has 1 heterocycles. The summed E-state index contributed by atoms with van der Waals surface area (Å²) in [5.74, 6) is 0.700. The van der Waals surface area contributed by atoms with E-state index >= 15 is 0 Å². The van der Waals surface area contributed by atoms with E-state index in [0.717, 1.165) is 14.5 Å². The van der Waals surface area contributed by atoms with Crippen LogP contribution in [0.5, 0.6) is 17.2 Å². The van der Waals surface area contributed by atoms with E-state index in [4.69, 9.17) is 30.5 Å². The summed E-state index contributed by atoms with van der Waals surface area (Å²) in [6, 6.07) is 14.8. The number of halogens is 3. The molecule has 3 aromatic rings. The number of amides is 2. The summed E-state index contributed by atoms with van der Waals surface area (Å²) in [7, 11) is 1.27. The monoisotopic (exact) mass is 764 g/mol. The lowest BCUT2D eigenvalue weighted by molar-refractivity contribution is -0.136. The van der Waals surface area contributed by atoms with Gasteiger partial charge < -0.3 is 34.7 Å². The zero-order chi connectivity index (χ0) is 32.5. The van der Waals surface area contributed by atoms with Crippen molar-refractivity contribution in [3.05, 3.63) is 96.5 Å². The van der Waals surface area contributed by atoms with Crippen LogP contribution >= 0.6 is 43.5 Å². The maximum Gasteiger partial charge on any atom is 0.337 e. The van der Waals surface area contributed by atoms with Gasteiger partial charge in [0.15, 0.2) is 17.7 Å². The Morgan fingerprint density at radius 3 is 2.58 bits per heavy atom. The average molecular weight is 767 g/mol. The molecule has 3 aromatic carbocycles. The van der Waals surface area contributed by atoms with Gasteiger partial charge in [-0.05, 0) is 77.3 Å². The number of methoxy groups -OCH3 is 1. The summed E-state index contributed by atoms with van der Waals surface area (Å²) in [5, 5.41) is 20.7. The predicted molar refractivity (Wildman–Crippen MR) is 177 cm³/mol. The van der Waals surface area contributed by atoms with Crippen molar-refractivity contribution in [2.45, 2.75) is 32.7 Å². The van der Waals surface area contributed by atoms with Gasteiger partial charge in [-0.25, -0.2) is 9.59 Å². The van der Waals surface area contributed by atoms with Crippen LogP contribution in [0.15, 0.2) is 79.9 Å². The lowest BCUT2D eigenvalue weighted by atomic mass is 9.95. The molecule has 14 heteroatoms. The van der Waals surface area contributed by atoms with E-state index < -0.39 is 24.3 Å². The molecule has 1 aliphatic rings. The Morgan fingerprint density at radius 1 is 1.11 bits per heavy atom. The van der Waals surface area contributed by atoms with Gasteiger partial charge in [0.1, 0.15) is 19.0 Å². The van der Waals surface area contributed by atoms with Crippen LogP contribution in [0.4, 0.5) is 4.79 Å². The van der Waals surface area contributed by atoms with Crippen molar-refractivity contribution in [1.29, 1.82) is 0 Å². The topological polar surface area (TPSA) is 140 Å². The van der Waals surface area contributed by atoms with Gasteiger partial charge in [-0.3, -0.25) is 5.43 Å². The van der Waals surface area contributed by atoms with Crippen molar-refractivity contribution >= 4 is 61.7 Å². The second-order valence-electron chi connectivity index (χ2n) is 9.64. The molecule has 0 saturated carbocycles. The number of carbonyl (C=O) groups excluding carboxylic acids is 2. The lowest BCUT2D eigenvalue weighted by Crippen LogP contribution is -2.45. The Labute approximate surface area is 282 Å². The number of aliphatic hydroxyl groups is 1. The quantitative estimate of drug-likeness (QED) is 0.0724. The number of nitrogens with zero attached hydrogens (tertiary/aromatic N) is 1. The third kappa shape index (κ3) is 9.13. The highest BCUT2D eigenvalue weighted by Gasteiger charge is 2.32. The summed E-state index contributed by atoms with van der Waals surface area (Å²) in [4.78, 5) is 24.6. The number of hydrazone groups is 1. The number of hydrogen-bond donors (Lipinski definition) is 4. The molecule has 0 radical (unpaired) electrons. The Bertz CT molecular complexity index is 1600. The van der Waals surface area contributed by atoms with Gasteiger partial charge in [-0.2, -0.15) is 5.10 Å². The number of carbonyl (C=O) groups is 2.